The summed E-state index contributed by atoms with van der Waals surface area (Å²) in [6.45, 7) is 13.1. The van der Waals surface area contributed by atoms with Gasteiger partial charge in [0.1, 0.15) is 10.8 Å². The van der Waals surface area contributed by atoms with Gasteiger partial charge in [-0.3, -0.25) is 0 Å². The van der Waals surface area contributed by atoms with E-state index in [2.05, 4.69) is 38.3 Å². The van der Waals surface area contributed by atoms with Crippen molar-refractivity contribution in [2.75, 3.05) is 32.8 Å². The molecule has 1 amide bonds. The second kappa shape index (κ2) is 9.55. The highest BCUT2D eigenvalue weighted by molar-refractivity contribution is 8.29. The van der Waals surface area contributed by atoms with Crippen molar-refractivity contribution in [2.45, 2.75) is 58.4 Å². The van der Waals surface area contributed by atoms with Crippen LogP contribution in [0.4, 0.5) is 4.79 Å². The van der Waals surface area contributed by atoms with Gasteiger partial charge >= 0.3 is 6.09 Å². The number of hydrogen-bond acceptors (Lipinski definition) is 5. The third-order valence-electron chi connectivity index (χ3n) is 4.33. The molecule has 0 bridgehead atoms. The molecule has 1 aromatic heterocycles. The number of amides is 1. The zero-order chi connectivity index (χ0) is 21.8. The summed E-state index contributed by atoms with van der Waals surface area (Å²) in [5, 5.41) is 0.336. The molecule has 0 fully saturated rings. The second-order valence-electron chi connectivity index (χ2n) is 8.87. The van der Waals surface area contributed by atoms with Crippen molar-refractivity contribution in [1.29, 1.82) is 0 Å². The minimum absolute atomic E-state index is 0.0487. The van der Waals surface area contributed by atoms with Crippen LogP contribution in [0.15, 0.2) is 12.1 Å². The molecule has 6 nitrogen and oxygen atoms in total. The highest BCUT2D eigenvalue weighted by Gasteiger charge is 2.30. The fourth-order valence-corrected chi connectivity index (χ4v) is 3.03. The van der Waals surface area contributed by atoms with Crippen molar-refractivity contribution >= 4 is 28.0 Å². The molecular formula is C20H35ClN2O4S. The number of carbonyl (C=O) groups is 1. The van der Waals surface area contributed by atoms with E-state index in [0.29, 0.717) is 24.2 Å². The number of ether oxygens (including phenoxy) is 2. The summed E-state index contributed by atoms with van der Waals surface area (Å²) in [5.41, 5.74) is 0.161. The van der Waals surface area contributed by atoms with Crippen LogP contribution in [0.1, 0.15) is 47.1 Å². The maximum atomic E-state index is 12.7. The molecule has 0 aliphatic rings. The number of rotatable bonds is 7. The molecule has 0 saturated carbocycles. The molecule has 1 heterocycles. The Labute approximate surface area is 176 Å². The van der Waals surface area contributed by atoms with Crippen molar-refractivity contribution in [3.05, 3.63) is 22.8 Å². The van der Waals surface area contributed by atoms with Gasteiger partial charge in [-0.05, 0) is 45.4 Å². The summed E-state index contributed by atoms with van der Waals surface area (Å²) in [7, 11) is 0.247. The average Bonchev–Trinajstić information content (AvgIpc) is 2.52. The number of hydrogen-bond donors (Lipinski definition) is 0. The number of nitrogens with zero attached hydrogens (tertiary/aromatic N) is 2. The summed E-state index contributed by atoms with van der Waals surface area (Å²) in [6.07, 6.45) is 3.87. The minimum atomic E-state index is -1.28. The SMILES string of the molecule is COc1nc(Cl)ccc1CN(CCOS(C)(C)C(C)(C)C)C(=O)OC(C)(C)C. The normalized spacial score (nSPS) is 13.2. The lowest BCUT2D eigenvalue weighted by atomic mass is 10.2. The van der Waals surface area contributed by atoms with E-state index in [-0.39, 0.29) is 11.3 Å². The molecule has 8 heteroatoms. The van der Waals surface area contributed by atoms with Crippen LogP contribution in [-0.4, -0.2) is 59.1 Å². The summed E-state index contributed by atoms with van der Waals surface area (Å²) < 4.78 is 17.1. The Morgan fingerprint density at radius 1 is 1.18 bits per heavy atom. The number of aromatic nitrogens is 1. The molecule has 0 unspecified atom stereocenters. The lowest BCUT2D eigenvalue weighted by Crippen LogP contribution is -2.39. The molecule has 0 aliphatic heterocycles. The molecule has 0 aliphatic carbocycles. The van der Waals surface area contributed by atoms with Gasteiger partial charge < -0.3 is 18.6 Å². The van der Waals surface area contributed by atoms with E-state index in [1.165, 1.54) is 7.11 Å². The monoisotopic (exact) mass is 434 g/mol. The van der Waals surface area contributed by atoms with Gasteiger partial charge in [0.2, 0.25) is 5.88 Å². The largest absolute Gasteiger partial charge is 0.481 e. The zero-order valence-electron chi connectivity index (χ0n) is 18.6. The Hall–Kier alpha value is -1.18. The van der Waals surface area contributed by atoms with Crippen LogP contribution < -0.4 is 4.74 Å². The van der Waals surface area contributed by atoms with Crippen LogP contribution in [0, 0.1) is 0 Å². The fraction of sp³-hybridized carbons (Fsp3) is 0.700. The lowest BCUT2D eigenvalue weighted by molar-refractivity contribution is 0.0210. The third kappa shape index (κ3) is 7.68. The molecule has 28 heavy (non-hydrogen) atoms. The van der Waals surface area contributed by atoms with Crippen molar-refractivity contribution in [2.24, 2.45) is 0 Å². The van der Waals surface area contributed by atoms with Gasteiger partial charge in [-0.2, -0.15) is 0 Å². The van der Waals surface area contributed by atoms with Crippen molar-refractivity contribution in [3.8, 4) is 5.88 Å². The van der Waals surface area contributed by atoms with E-state index >= 15 is 0 Å². The van der Waals surface area contributed by atoms with Crippen molar-refractivity contribution in [1.82, 2.24) is 9.88 Å². The molecule has 162 valence electrons. The first-order valence-corrected chi connectivity index (χ1v) is 12.0. The van der Waals surface area contributed by atoms with Crippen molar-refractivity contribution in [3.63, 3.8) is 0 Å². The first-order valence-electron chi connectivity index (χ1n) is 9.21. The Morgan fingerprint density at radius 2 is 1.79 bits per heavy atom. The van der Waals surface area contributed by atoms with Gasteiger partial charge in [0.25, 0.3) is 0 Å². The Balaban J connectivity index is 2.96. The maximum Gasteiger partial charge on any atom is 0.410 e. The molecule has 0 aromatic carbocycles. The summed E-state index contributed by atoms with van der Waals surface area (Å²) in [5.74, 6) is 0.391. The molecule has 0 radical (unpaired) electrons. The predicted molar refractivity (Wildman–Crippen MR) is 118 cm³/mol. The van der Waals surface area contributed by atoms with Crippen LogP contribution in [0.3, 0.4) is 0 Å². The number of methoxy groups -OCH3 is 1. The molecule has 0 spiro atoms. The highest BCUT2D eigenvalue weighted by atomic mass is 35.5. The van der Waals surface area contributed by atoms with Gasteiger partial charge in [-0.1, -0.05) is 32.4 Å². The first kappa shape index (κ1) is 24.9. The van der Waals surface area contributed by atoms with E-state index < -0.39 is 22.0 Å². The molecule has 0 saturated heterocycles. The maximum absolute atomic E-state index is 12.7. The second-order valence-corrected chi connectivity index (χ2v) is 13.2. The molecule has 0 N–H and O–H groups in total. The van der Waals surface area contributed by atoms with Gasteiger partial charge in [0, 0.05) is 16.9 Å². The molecular weight excluding hydrogens is 400 g/mol. The summed E-state index contributed by atoms with van der Waals surface area (Å²) >= 11 is 5.94. The van der Waals surface area contributed by atoms with E-state index in [1.807, 2.05) is 20.8 Å². The topological polar surface area (TPSA) is 60.9 Å². The Kier molecular flexibility index (Phi) is 8.47. The van der Waals surface area contributed by atoms with Crippen molar-refractivity contribution < 1.29 is 18.5 Å². The number of pyridine rings is 1. The smallest absolute Gasteiger partial charge is 0.410 e. The van der Waals surface area contributed by atoms with Crippen LogP contribution in [0.2, 0.25) is 5.15 Å². The van der Waals surface area contributed by atoms with Crippen LogP contribution >= 0.6 is 21.9 Å². The first-order chi connectivity index (χ1) is 12.7. The Bertz CT molecular complexity index is 669. The van der Waals surface area contributed by atoms with Crippen LogP contribution in [0.25, 0.3) is 0 Å². The average molecular weight is 435 g/mol. The van der Waals surface area contributed by atoms with Gasteiger partial charge in [-0.15, -0.1) is 10.3 Å². The quantitative estimate of drug-likeness (QED) is 0.546. The van der Waals surface area contributed by atoms with Gasteiger partial charge in [-0.25, -0.2) is 9.78 Å². The van der Waals surface area contributed by atoms with Gasteiger partial charge in [0.15, 0.2) is 0 Å². The number of halogens is 1. The third-order valence-corrected chi connectivity index (χ3v) is 8.24. The predicted octanol–water partition coefficient (Wildman–Crippen LogP) is 5.28. The Morgan fingerprint density at radius 3 is 2.29 bits per heavy atom. The summed E-state index contributed by atoms with van der Waals surface area (Å²) in [6, 6.07) is 3.48. The van der Waals surface area contributed by atoms with E-state index in [4.69, 9.17) is 25.3 Å². The standard InChI is InChI=1S/C20H35ClN2O4S/c1-19(2,3)27-18(24)23(12-13-26-28(8,9)20(4,5)6)14-15-10-11-16(21)22-17(15)25-7/h10-11H,12-14H2,1-9H3. The van der Waals surface area contributed by atoms with E-state index in [1.54, 1.807) is 17.0 Å². The highest BCUT2D eigenvalue weighted by Crippen LogP contribution is 2.53. The molecule has 1 rings (SSSR count). The fourth-order valence-electron chi connectivity index (χ4n) is 2.04. The van der Waals surface area contributed by atoms with Crippen LogP contribution in [0.5, 0.6) is 5.88 Å². The lowest BCUT2D eigenvalue weighted by Gasteiger charge is -2.44. The number of carbonyl (C=O) groups excluding carboxylic acids is 1. The zero-order valence-corrected chi connectivity index (χ0v) is 20.2. The van der Waals surface area contributed by atoms with E-state index in [0.717, 1.165) is 5.56 Å². The van der Waals surface area contributed by atoms with E-state index in [9.17, 15) is 4.79 Å². The van der Waals surface area contributed by atoms with Crippen LogP contribution in [-0.2, 0) is 15.5 Å². The van der Waals surface area contributed by atoms with Gasteiger partial charge in [0.05, 0.1) is 20.3 Å². The minimum Gasteiger partial charge on any atom is -0.481 e. The molecule has 1 aromatic rings. The molecule has 0 atom stereocenters. The summed E-state index contributed by atoms with van der Waals surface area (Å²) in [4.78, 5) is 18.5.